The molecule has 1 fully saturated rings. The third-order valence-electron chi connectivity index (χ3n) is 4.72. The number of amides is 1. The van der Waals surface area contributed by atoms with Gasteiger partial charge in [0.25, 0.3) is 0 Å². The Morgan fingerprint density at radius 1 is 1.12 bits per heavy atom. The molecule has 3 rings (SSSR count). The van der Waals surface area contributed by atoms with E-state index in [-0.39, 0.29) is 12.5 Å². The van der Waals surface area contributed by atoms with Crippen LogP contribution in [0.4, 0.5) is 0 Å². The van der Waals surface area contributed by atoms with E-state index in [0.717, 1.165) is 31.7 Å². The molecule has 0 saturated carbocycles. The molecule has 0 N–H and O–H groups in total. The monoisotopic (exact) mass is 339 g/mol. The van der Waals surface area contributed by atoms with Crippen LogP contribution in [0, 0.1) is 0 Å². The minimum absolute atomic E-state index is 0.0737. The van der Waals surface area contributed by atoms with Gasteiger partial charge in [-0.1, -0.05) is 36.4 Å². The molecule has 1 aliphatic heterocycles. The lowest BCUT2D eigenvalue weighted by atomic mass is 10.1. The fourth-order valence-electron chi connectivity index (χ4n) is 3.11. The molecule has 0 unspecified atom stereocenters. The second kappa shape index (κ2) is 8.74. The Morgan fingerprint density at radius 3 is 2.56 bits per heavy atom. The molecular formula is C20H25N3O2. The van der Waals surface area contributed by atoms with Crippen LogP contribution in [0.3, 0.4) is 0 Å². The molecule has 5 heteroatoms. The first kappa shape index (κ1) is 17.6. The van der Waals surface area contributed by atoms with E-state index in [1.54, 1.807) is 6.20 Å². The molecule has 1 atom stereocenters. The van der Waals surface area contributed by atoms with Crippen molar-refractivity contribution in [3.63, 3.8) is 0 Å². The van der Waals surface area contributed by atoms with Gasteiger partial charge in [0.05, 0.1) is 6.61 Å². The molecule has 25 heavy (non-hydrogen) atoms. The van der Waals surface area contributed by atoms with E-state index in [1.165, 1.54) is 5.56 Å². The van der Waals surface area contributed by atoms with Crippen LogP contribution in [0.2, 0.25) is 0 Å². The second-order valence-electron chi connectivity index (χ2n) is 6.36. The largest absolute Gasteiger partial charge is 0.367 e. The predicted octanol–water partition coefficient (Wildman–Crippen LogP) is 2.50. The van der Waals surface area contributed by atoms with E-state index in [0.29, 0.717) is 12.6 Å². The number of hydrogen-bond donors (Lipinski definition) is 0. The number of nitrogens with zero attached hydrogens (tertiary/aromatic N) is 3. The third-order valence-corrected chi connectivity index (χ3v) is 4.72. The van der Waals surface area contributed by atoms with E-state index in [2.05, 4.69) is 22.9 Å². The zero-order valence-electron chi connectivity index (χ0n) is 14.7. The molecule has 1 amide bonds. The average Bonchev–Trinajstić information content (AvgIpc) is 2.69. The van der Waals surface area contributed by atoms with E-state index >= 15 is 0 Å². The van der Waals surface area contributed by atoms with Crippen molar-refractivity contribution in [1.29, 1.82) is 0 Å². The van der Waals surface area contributed by atoms with Gasteiger partial charge in [-0.05, 0) is 24.1 Å². The number of aromatic nitrogens is 1. The van der Waals surface area contributed by atoms with Crippen molar-refractivity contribution in [2.75, 3.05) is 32.8 Å². The van der Waals surface area contributed by atoms with Crippen molar-refractivity contribution >= 4 is 5.91 Å². The first-order valence-corrected chi connectivity index (χ1v) is 8.77. The molecule has 1 aromatic carbocycles. The molecule has 5 nitrogen and oxygen atoms in total. The van der Waals surface area contributed by atoms with Gasteiger partial charge in [0, 0.05) is 44.6 Å². The minimum atomic E-state index is 0.0737. The average molecular weight is 339 g/mol. The molecule has 0 radical (unpaired) electrons. The van der Waals surface area contributed by atoms with Crippen molar-refractivity contribution in [3.8, 4) is 0 Å². The molecule has 132 valence electrons. The minimum Gasteiger partial charge on any atom is -0.367 e. The second-order valence-corrected chi connectivity index (χ2v) is 6.36. The quantitative estimate of drug-likeness (QED) is 0.811. The van der Waals surface area contributed by atoms with Gasteiger partial charge in [0.15, 0.2) is 0 Å². The van der Waals surface area contributed by atoms with Crippen LogP contribution in [0.15, 0.2) is 54.9 Å². The third kappa shape index (κ3) is 4.87. The Kier molecular flexibility index (Phi) is 6.14. The fourth-order valence-corrected chi connectivity index (χ4v) is 3.11. The lowest BCUT2D eigenvalue weighted by molar-refractivity contribution is -0.138. The fraction of sp³-hybridized carbons (Fsp3) is 0.400. The molecule has 2 aromatic rings. The van der Waals surface area contributed by atoms with Gasteiger partial charge in [-0.15, -0.1) is 0 Å². The van der Waals surface area contributed by atoms with Crippen molar-refractivity contribution in [2.45, 2.75) is 19.6 Å². The van der Waals surface area contributed by atoms with Crippen molar-refractivity contribution in [3.05, 3.63) is 66.0 Å². The van der Waals surface area contributed by atoms with Gasteiger partial charge in [0.2, 0.25) is 5.91 Å². The summed E-state index contributed by atoms with van der Waals surface area (Å²) in [5.74, 6) is 0.0737. The molecule has 0 aliphatic carbocycles. The molecule has 2 heterocycles. The van der Waals surface area contributed by atoms with Crippen LogP contribution in [-0.4, -0.2) is 53.5 Å². The van der Waals surface area contributed by atoms with Gasteiger partial charge >= 0.3 is 0 Å². The zero-order valence-corrected chi connectivity index (χ0v) is 14.7. The number of benzene rings is 1. The first-order valence-electron chi connectivity index (χ1n) is 8.77. The van der Waals surface area contributed by atoms with Crippen LogP contribution in [0.5, 0.6) is 0 Å². The van der Waals surface area contributed by atoms with Gasteiger partial charge < -0.3 is 9.64 Å². The predicted molar refractivity (Wildman–Crippen MR) is 96.9 cm³/mol. The Balaban J connectivity index is 1.41. The van der Waals surface area contributed by atoms with E-state index in [9.17, 15) is 4.79 Å². The molecule has 1 aliphatic rings. The topological polar surface area (TPSA) is 45.7 Å². The van der Waals surface area contributed by atoms with Crippen molar-refractivity contribution in [1.82, 2.24) is 14.8 Å². The number of pyridine rings is 1. The lowest BCUT2D eigenvalue weighted by Gasteiger charge is -2.38. The van der Waals surface area contributed by atoms with Crippen LogP contribution in [-0.2, 0) is 16.1 Å². The Labute approximate surface area is 149 Å². The van der Waals surface area contributed by atoms with Gasteiger partial charge in [-0.2, -0.15) is 0 Å². The number of ether oxygens (including phenoxy) is 1. The van der Waals surface area contributed by atoms with Gasteiger partial charge in [-0.3, -0.25) is 14.7 Å². The SMILES string of the molecule is C[C@@H](c1cccnc1)N1CCN(C(=O)COCc2ccccc2)CC1. The summed E-state index contributed by atoms with van der Waals surface area (Å²) in [5.41, 5.74) is 2.30. The highest BCUT2D eigenvalue weighted by atomic mass is 16.5. The molecule has 0 bridgehead atoms. The van der Waals surface area contributed by atoms with Crippen LogP contribution in [0.25, 0.3) is 0 Å². The summed E-state index contributed by atoms with van der Waals surface area (Å²) in [4.78, 5) is 20.8. The Bertz CT molecular complexity index is 655. The number of rotatable bonds is 6. The number of carbonyl (C=O) groups excluding carboxylic acids is 1. The highest BCUT2D eigenvalue weighted by Gasteiger charge is 2.24. The van der Waals surface area contributed by atoms with E-state index in [4.69, 9.17) is 4.74 Å². The van der Waals surface area contributed by atoms with Crippen LogP contribution < -0.4 is 0 Å². The van der Waals surface area contributed by atoms with E-state index in [1.807, 2.05) is 47.5 Å². The number of carbonyl (C=O) groups is 1. The van der Waals surface area contributed by atoms with Crippen molar-refractivity contribution in [2.24, 2.45) is 0 Å². The van der Waals surface area contributed by atoms with Gasteiger partial charge in [-0.25, -0.2) is 0 Å². The van der Waals surface area contributed by atoms with Crippen LogP contribution >= 0.6 is 0 Å². The number of piperazine rings is 1. The van der Waals surface area contributed by atoms with Crippen molar-refractivity contribution < 1.29 is 9.53 Å². The molecule has 0 spiro atoms. The maximum atomic E-state index is 12.3. The lowest BCUT2D eigenvalue weighted by Crippen LogP contribution is -2.50. The highest BCUT2D eigenvalue weighted by molar-refractivity contribution is 5.77. The smallest absolute Gasteiger partial charge is 0.248 e. The molecule has 1 aromatic heterocycles. The molecular weight excluding hydrogens is 314 g/mol. The summed E-state index contributed by atoms with van der Waals surface area (Å²) in [6.07, 6.45) is 3.71. The summed E-state index contributed by atoms with van der Waals surface area (Å²) >= 11 is 0. The summed E-state index contributed by atoms with van der Waals surface area (Å²) in [6.45, 7) is 6.06. The maximum absolute atomic E-state index is 12.3. The maximum Gasteiger partial charge on any atom is 0.248 e. The number of hydrogen-bond acceptors (Lipinski definition) is 4. The Hall–Kier alpha value is -2.24. The van der Waals surface area contributed by atoms with Gasteiger partial charge in [0.1, 0.15) is 6.61 Å². The zero-order chi connectivity index (χ0) is 17.5. The first-order chi connectivity index (χ1) is 12.2. The van der Waals surface area contributed by atoms with Crippen LogP contribution in [0.1, 0.15) is 24.1 Å². The summed E-state index contributed by atoms with van der Waals surface area (Å²) < 4.78 is 5.57. The standard InChI is InChI=1S/C20H25N3O2/c1-17(19-8-5-9-21-14-19)22-10-12-23(13-11-22)20(24)16-25-15-18-6-3-2-4-7-18/h2-9,14,17H,10-13,15-16H2,1H3/t17-/m0/s1. The molecule has 1 saturated heterocycles. The highest BCUT2D eigenvalue weighted by Crippen LogP contribution is 2.20. The van der Waals surface area contributed by atoms with E-state index < -0.39 is 0 Å². The summed E-state index contributed by atoms with van der Waals surface area (Å²) in [6, 6.07) is 14.3. The summed E-state index contributed by atoms with van der Waals surface area (Å²) in [7, 11) is 0. The normalized spacial score (nSPS) is 16.6. The Morgan fingerprint density at radius 2 is 1.88 bits per heavy atom. The summed E-state index contributed by atoms with van der Waals surface area (Å²) in [5, 5.41) is 0.